The van der Waals surface area contributed by atoms with Crippen molar-refractivity contribution < 1.29 is 23.1 Å². The van der Waals surface area contributed by atoms with Gasteiger partial charge in [-0.2, -0.15) is 13.2 Å². The maximum absolute atomic E-state index is 14.5. The molecule has 3 aromatic rings. The molecule has 0 saturated heterocycles. The van der Waals surface area contributed by atoms with Gasteiger partial charge in [-0.05, 0) is 55.4 Å². The van der Waals surface area contributed by atoms with Gasteiger partial charge in [-0.25, -0.2) is 4.79 Å². The standard InChI is InChI=1S/C27H30F3N3O3/c1-17-14-33(22-11-7-4-8-19(22)23(17)34)16-26(36,27(28,29)30)15-25(2,3)20-9-5-6-10-21(20)32-24(35)31-18-12-13-18/h4-11,14,18,36H,12-13,15-16H2,1-3H3,(H2,31,32,35). The fraction of sp³-hybridized carbons (Fsp3) is 0.407. The average molecular weight is 502 g/mol. The monoisotopic (exact) mass is 501 g/mol. The molecule has 2 amide bonds. The number of nitrogens with zero attached hydrogens (tertiary/aromatic N) is 1. The van der Waals surface area contributed by atoms with Crippen molar-refractivity contribution in [2.24, 2.45) is 0 Å². The lowest BCUT2D eigenvalue weighted by atomic mass is 9.74. The summed E-state index contributed by atoms with van der Waals surface area (Å²) in [6, 6.07) is 12.8. The number of halogens is 3. The van der Waals surface area contributed by atoms with Crippen LogP contribution in [0.15, 0.2) is 59.5 Å². The molecule has 3 N–H and O–H groups in total. The third kappa shape index (κ3) is 5.26. The quantitative estimate of drug-likeness (QED) is 0.413. The number of para-hydroxylation sites is 2. The Morgan fingerprint density at radius 3 is 2.39 bits per heavy atom. The minimum Gasteiger partial charge on any atom is -0.379 e. The van der Waals surface area contributed by atoms with Crippen LogP contribution in [0.4, 0.5) is 23.7 Å². The number of alkyl halides is 3. The van der Waals surface area contributed by atoms with E-state index in [0.29, 0.717) is 16.8 Å². The lowest BCUT2D eigenvalue weighted by molar-refractivity contribution is -0.271. The maximum atomic E-state index is 14.5. The zero-order valence-electron chi connectivity index (χ0n) is 20.4. The highest BCUT2D eigenvalue weighted by molar-refractivity contribution is 5.90. The van der Waals surface area contributed by atoms with Crippen molar-refractivity contribution in [3.05, 3.63) is 76.1 Å². The second-order valence-corrected chi connectivity index (χ2v) is 10.3. The Hall–Kier alpha value is -3.33. The molecular weight excluding hydrogens is 471 g/mol. The number of anilines is 1. The fourth-order valence-corrected chi connectivity index (χ4v) is 4.73. The van der Waals surface area contributed by atoms with Gasteiger partial charge in [-0.1, -0.05) is 44.2 Å². The molecular formula is C27H30F3N3O3. The minimum atomic E-state index is -4.96. The molecule has 0 bridgehead atoms. The van der Waals surface area contributed by atoms with Gasteiger partial charge in [0.2, 0.25) is 0 Å². The van der Waals surface area contributed by atoms with E-state index in [0.717, 1.165) is 12.8 Å². The number of amides is 2. The third-order valence-corrected chi connectivity index (χ3v) is 6.68. The van der Waals surface area contributed by atoms with E-state index in [9.17, 15) is 27.9 Å². The summed E-state index contributed by atoms with van der Waals surface area (Å²) in [4.78, 5) is 24.8. The summed E-state index contributed by atoms with van der Waals surface area (Å²) in [5.74, 6) is 0. The summed E-state index contributed by atoms with van der Waals surface area (Å²) in [5, 5.41) is 17.0. The number of urea groups is 1. The van der Waals surface area contributed by atoms with Crippen molar-refractivity contribution in [1.82, 2.24) is 9.88 Å². The largest absolute Gasteiger partial charge is 0.418 e. The first-order chi connectivity index (χ1) is 16.8. The summed E-state index contributed by atoms with van der Waals surface area (Å²) >= 11 is 0. The summed E-state index contributed by atoms with van der Waals surface area (Å²) in [7, 11) is 0. The summed E-state index contributed by atoms with van der Waals surface area (Å²) in [6.07, 6.45) is -2.48. The van der Waals surface area contributed by atoms with Crippen molar-refractivity contribution in [2.45, 2.75) is 69.8 Å². The van der Waals surface area contributed by atoms with Crippen molar-refractivity contribution in [3.8, 4) is 0 Å². The zero-order valence-corrected chi connectivity index (χ0v) is 20.4. The first-order valence-electron chi connectivity index (χ1n) is 11.9. The predicted octanol–water partition coefficient (Wildman–Crippen LogP) is 5.26. The van der Waals surface area contributed by atoms with E-state index in [1.165, 1.54) is 17.7 Å². The van der Waals surface area contributed by atoms with Crippen molar-refractivity contribution in [1.29, 1.82) is 0 Å². The lowest BCUT2D eigenvalue weighted by Crippen LogP contribution is -2.52. The van der Waals surface area contributed by atoms with E-state index in [2.05, 4.69) is 10.6 Å². The van der Waals surface area contributed by atoms with Gasteiger partial charge < -0.3 is 20.3 Å². The van der Waals surface area contributed by atoms with Crippen molar-refractivity contribution in [3.63, 3.8) is 0 Å². The smallest absolute Gasteiger partial charge is 0.379 e. The maximum Gasteiger partial charge on any atom is 0.418 e. The van der Waals surface area contributed by atoms with Crippen LogP contribution in [-0.4, -0.2) is 33.5 Å². The van der Waals surface area contributed by atoms with Gasteiger partial charge in [0, 0.05) is 28.9 Å². The number of carbonyl (C=O) groups is 1. The third-order valence-electron chi connectivity index (χ3n) is 6.68. The minimum absolute atomic E-state index is 0.122. The Kier molecular flexibility index (Phi) is 6.64. The van der Waals surface area contributed by atoms with Gasteiger partial charge in [0.25, 0.3) is 0 Å². The highest BCUT2D eigenvalue weighted by atomic mass is 19.4. The van der Waals surface area contributed by atoms with Crippen LogP contribution in [0.2, 0.25) is 0 Å². The number of hydrogen-bond donors (Lipinski definition) is 3. The number of hydrogen-bond acceptors (Lipinski definition) is 3. The molecule has 1 unspecified atom stereocenters. The van der Waals surface area contributed by atoms with Gasteiger partial charge in [-0.15, -0.1) is 0 Å². The molecule has 0 aliphatic heterocycles. The number of nitrogens with one attached hydrogen (secondary N) is 2. The molecule has 1 atom stereocenters. The van der Waals surface area contributed by atoms with E-state index < -0.39 is 36.2 Å². The van der Waals surface area contributed by atoms with Crippen LogP contribution in [-0.2, 0) is 12.0 Å². The molecule has 1 saturated carbocycles. The van der Waals surface area contributed by atoms with Gasteiger partial charge >= 0.3 is 12.2 Å². The zero-order chi connectivity index (χ0) is 26.3. The Morgan fingerprint density at radius 1 is 1.08 bits per heavy atom. The number of fused-ring (bicyclic) bond motifs is 1. The molecule has 0 spiro atoms. The highest BCUT2D eigenvalue weighted by Gasteiger charge is 2.56. The number of benzene rings is 2. The Morgan fingerprint density at radius 2 is 1.72 bits per heavy atom. The number of aromatic nitrogens is 1. The molecule has 192 valence electrons. The van der Waals surface area contributed by atoms with Gasteiger partial charge in [0.05, 0.1) is 12.1 Å². The number of aryl methyl sites for hydroxylation is 1. The molecule has 6 nitrogen and oxygen atoms in total. The molecule has 1 aromatic heterocycles. The molecule has 4 rings (SSSR count). The number of carbonyl (C=O) groups excluding carboxylic acids is 1. The molecule has 1 fully saturated rings. The normalized spacial score (nSPS) is 16.0. The van der Waals surface area contributed by atoms with Crippen molar-refractivity contribution in [2.75, 3.05) is 5.32 Å². The van der Waals surface area contributed by atoms with Crippen LogP contribution in [0.25, 0.3) is 10.9 Å². The summed E-state index contributed by atoms with van der Waals surface area (Å²) < 4.78 is 44.7. The number of aliphatic hydroxyl groups is 1. The van der Waals surface area contributed by atoms with E-state index in [1.54, 1.807) is 62.4 Å². The molecule has 1 aliphatic rings. The van der Waals surface area contributed by atoms with E-state index >= 15 is 0 Å². The second kappa shape index (κ2) is 9.28. The highest BCUT2D eigenvalue weighted by Crippen LogP contribution is 2.44. The van der Waals surface area contributed by atoms with Gasteiger partial charge in [-0.3, -0.25) is 4.79 Å². The van der Waals surface area contributed by atoms with Crippen LogP contribution in [0.3, 0.4) is 0 Å². The van der Waals surface area contributed by atoms with Gasteiger partial charge in [0.15, 0.2) is 11.0 Å². The number of pyridine rings is 1. The Labute approximate surface area is 207 Å². The predicted molar refractivity (Wildman–Crippen MR) is 133 cm³/mol. The number of rotatable bonds is 7. The molecule has 1 heterocycles. The molecule has 36 heavy (non-hydrogen) atoms. The lowest BCUT2D eigenvalue weighted by Gasteiger charge is -2.39. The second-order valence-electron chi connectivity index (χ2n) is 10.3. The van der Waals surface area contributed by atoms with Crippen LogP contribution >= 0.6 is 0 Å². The van der Waals surface area contributed by atoms with Crippen LogP contribution in [0, 0.1) is 6.92 Å². The van der Waals surface area contributed by atoms with Crippen LogP contribution in [0.5, 0.6) is 0 Å². The first kappa shape index (κ1) is 25.8. The summed E-state index contributed by atoms with van der Waals surface area (Å²) in [6.45, 7) is 3.96. The molecule has 2 aromatic carbocycles. The Bertz CT molecular complexity index is 1350. The SMILES string of the molecule is Cc1cn(CC(O)(CC(C)(C)c2ccccc2NC(=O)NC2CC2)C(F)(F)F)c2ccccc2c1=O. The van der Waals surface area contributed by atoms with Crippen LogP contribution < -0.4 is 16.1 Å². The van der Waals surface area contributed by atoms with Crippen molar-refractivity contribution >= 4 is 22.6 Å². The molecule has 1 aliphatic carbocycles. The van der Waals surface area contributed by atoms with Crippen LogP contribution in [0.1, 0.15) is 44.2 Å². The van der Waals surface area contributed by atoms with E-state index in [4.69, 9.17) is 0 Å². The average Bonchev–Trinajstić information content (AvgIpc) is 3.60. The van der Waals surface area contributed by atoms with Gasteiger partial charge in [0.1, 0.15) is 0 Å². The molecule has 9 heteroatoms. The van der Waals surface area contributed by atoms with E-state index in [-0.39, 0.29) is 22.4 Å². The first-order valence-corrected chi connectivity index (χ1v) is 11.9. The summed E-state index contributed by atoms with van der Waals surface area (Å²) in [5.41, 5.74) is -3.11. The Balaban J connectivity index is 1.70. The fourth-order valence-electron chi connectivity index (χ4n) is 4.73. The van der Waals surface area contributed by atoms with E-state index in [1.807, 2.05) is 0 Å². The topological polar surface area (TPSA) is 83.4 Å². The molecule has 0 radical (unpaired) electrons.